The Hall–Kier alpha value is -1.92. The molecule has 1 heterocycles. The maximum absolute atomic E-state index is 12.1. The molecule has 5 nitrogen and oxygen atoms in total. The second kappa shape index (κ2) is 8.08. The Labute approximate surface area is 144 Å². The largest absolute Gasteiger partial charge is 0.350 e. The van der Waals surface area contributed by atoms with Crippen molar-refractivity contribution in [3.05, 3.63) is 50.9 Å². The van der Waals surface area contributed by atoms with Gasteiger partial charge < -0.3 is 10.6 Å². The number of amides is 2. The Morgan fingerprint density at radius 2 is 2.00 bits per heavy atom. The van der Waals surface area contributed by atoms with Gasteiger partial charge in [-0.25, -0.2) is 4.98 Å². The van der Waals surface area contributed by atoms with Crippen LogP contribution < -0.4 is 10.6 Å². The lowest BCUT2D eigenvalue weighted by Crippen LogP contribution is -2.32. The van der Waals surface area contributed by atoms with E-state index in [1.165, 1.54) is 18.3 Å². The maximum Gasteiger partial charge on any atom is 0.222 e. The third kappa shape index (κ3) is 5.65. The molecule has 2 N–H and O–H groups in total. The Bertz CT molecular complexity index is 685. The summed E-state index contributed by atoms with van der Waals surface area (Å²) < 4.78 is 0. The van der Waals surface area contributed by atoms with Crippen LogP contribution in [0, 0.1) is 6.92 Å². The zero-order chi connectivity index (χ0) is 16.8. The molecule has 7 heteroatoms. The first-order chi connectivity index (χ1) is 10.9. The van der Waals surface area contributed by atoms with Crippen molar-refractivity contribution in [2.45, 2.75) is 32.9 Å². The van der Waals surface area contributed by atoms with E-state index in [0.29, 0.717) is 11.6 Å². The molecule has 1 aromatic carbocycles. The maximum atomic E-state index is 12.1. The Morgan fingerprint density at radius 3 is 2.57 bits per heavy atom. The number of hydrogen-bond acceptors (Lipinski definition) is 4. The van der Waals surface area contributed by atoms with E-state index >= 15 is 0 Å². The summed E-state index contributed by atoms with van der Waals surface area (Å²) in [6.45, 7) is 3.74. The third-order valence-corrected chi connectivity index (χ3v) is 4.36. The molecule has 1 atom stereocenters. The Balaban J connectivity index is 1.97. The number of carbonyl (C=O) groups excluding carboxylic acids is 2. The van der Waals surface area contributed by atoms with Crippen molar-refractivity contribution in [3.8, 4) is 0 Å². The van der Waals surface area contributed by atoms with Gasteiger partial charge in [-0.2, -0.15) is 0 Å². The minimum Gasteiger partial charge on any atom is -0.350 e. The van der Waals surface area contributed by atoms with Crippen LogP contribution in [0.5, 0.6) is 0 Å². The first-order valence-corrected chi connectivity index (χ1v) is 8.40. The summed E-state index contributed by atoms with van der Waals surface area (Å²) in [5, 5.41) is 9.03. The van der Waals surface area contributed by atoms with Crippen molar-refractivity contribution in [2.75, 3.05) is 0 Å². The summed E-state index contributed by atoms with van der Waals surface area (Å²) in [4.78, 5) is 27.8. The van der Waals surface area contributed by atoms with Crippen LogP contribution in [0.4, 0.5) is 0 Å². The van der Waals surface area contributed by atoms with Gasteiger partial charge in [0.1, 0.15) is 5.01 Å². The van der Waals surface area contributed by atoms with Crippen molar-refractivity contribution in [1.29, 1.82) is 0 Å². The zero-order valence-electron chi connectivity index (χ0n) is 12.9. The van der Waals surface area contributed by atoms with Crippen molar-refractivity contribution in [1.82, 2.24) is 15.6 Å². The van der Waals surface area contributed by atoms with E-state index in [1.54, 1.807) is 24.3 Å². The van der Waals surface area contributed by atoms with Gasteiger partial charge >= 0.3 is 0 Å². The molecule has 0 aliphatic rings. The first-order valence-electron chi connectivity index (χ1n) is 7.14. The number of aryl methyl sites for hydroxylation is 1. The van der Waals surface area contributed by atoms with Crippen molar-refractivity contribution in [2.24, 2.45) is 0 Å². The fraction of sp³-hybridized carbons (Fsp3) is 0.312. The van der Waals surface area contributed by atoms with E-state index in [4.69, 9.17) is 11.6 Å². The number of thiazole rings is 1. The quantitative estimate of drug-likeness (QED) is 0.840. The normalized spacial score (nSPS) is 11.8. The molecular weight excluding hydrogens is 334 g/mol. The van der Waals surface area contributed by atoms with E-state index in [2.05, 4.69) is 15.6 Å². The predicted molar refractivity (Wildman–Crippen MR) is 91.3 cm³/mol. The number of halogens is 1. The topological polar surface area (TPSA) is 71.1 Å². The van der Waals surface area contributed by atoms with Gasteiger partial charge in [0.05, 0.1) is 19.0 Å². The monoisotopic (exact) mass is 351 g/mol. The minimum atomic E-state index is -0.386. The van der Waals surface area contributed by atoms with Crippen molar-refractivity contribution >= 4 is 34.8 Å². The number of rotatable bonds is 6. The summed E-state index contributed by atoms with van der Waals surface area (Å²) in [5.74, 6) is -0.333. The zero-order valence-corrected chi connectivity index (χ0v) is 14.5. The van der Waals surface area contributed by atoms with Gasteiger partial charge in [0.2, 0.25) is 11.8 Å². The molecule has 23 heavy (non-hydrogen) atoms. The second-order valence-electron chi connectivity index (χ2n) is 5.17. The lowest BCUT2D eigenvalue weighted by Gasteiger charge is -2.18. The summed E-state index contributed by atoms with van der Waals surface area (Å²) in [5.41, 5.74) is 1.78. The molecule has 122 valence electrons. The van der Waals surface area contributed by atoms with Crippen LogP contribution in [0.1, 0.15) is 35.7 Å². The fourth-order valence-electron chi connectivity index (χ4n) is 2.11. The van der Waals surface area contributed by atoms with Crippen LogP contribution in [0.25, 0.3) is 0 Å². The van der Waals surface area contributed by atoms with E-state index in [0.717, 1.165) is 16.3 Å². The summed E-state index contributed by atoms with van der Waals surface area (Å²) in [6.07, 6.45) is 0.158. The van der Waals surface area contributed by atoms with Gasteiger partial charge in [0, 0.05) is 23.0 Å². The Morgan fingerprint density at radius 1 is 1.30 bits per heavy atom. The molecule has 1 aromatic heterocycles. The molecule has 0 unspecified atom stereocenters. The van der Waals surface area contributed by atoms with Crippen molar-refractivity contribution in [3.63, 3.8) is 0 Å². The van der Waals surface area contributed by atoms with E-state index in [1.807, 2.05) is 12.3 Å². The molecule has 0 fully saturated rings. The molecule has 0 aliphatic carbocycles. The summed E-state index contributed by atoms with van der Waals surface area (Å²) in [7, 11) is 0. The minimum absolute atomic E-state index is 0.147. The highest BCUT2D eigenvalue weighted by molar-refractivity contribution is 7.09. The molecule has 2 amide bonds. The number of carbonyl (C=O) groups is 2. The molecule has 0 saturated heterocycles. The number of nitrogens with one attached hydrogen (secondary N) is 2. The molecular formula is C16H18ClN3O2S. The average Bonchev–Trinajstić information content (AvgIpc) is 2.90. The van der Waals surface area contributed by atoms with Crippen LogP contribution >= 0.6 is 22.9 Å². The molecule has 0 bridgehead atoms. The third-order valence-electron chi connectivity index (χ3n) is 3.14. The van der Waals surface area contributed by atoms with Crippen LogP contribution in [-0.2, 0) is 16.1 Å². The number of nitrogens with zero attached hydrogens (tertiary/aromatic N) is 1. The molecule has 0 radical (unpaired) electrons. The molecule has 2 rings (SSSR count). The molecule has 0 aliphatic heterocycles. The van der Waals surface area contributed by atoms with Crippen LogP contribution in [-0.4, -0.2) is 16.8 Å². The number of benzene rings is 1. The lowest BCUT2D eigenvalue weighted by molar-refractivity contribution is -0.122. The van der Waals surface area contributed by atoms with Gasteiger partial charge in [-0.05, 0) is 24.6 Å². The smallest absolute Gasteiger partial charge is 0.222 e. The van der Waals surface area contributed by atoms with Crippen LogP contribution in [0.2, 0.25) is 5.02 Å². The highest BCUT2D eigenvalue weighted by Crippen LogP contribution is 2.19. The standard InChI is InChI=1S/C16H18ClN3O2S/c1-10-9-23-16(19-10)8-18-15(22)7-14(20-11(2)21)12-3-5-13(17)6-4-12/h3-6,9,14H,7-8H2,1-2H3,(H,18,22)(H,20,21)/t14-/m1/s1. The van der Waals surface area contributed by atoms with Gasteiger partial charge in [0.25, 0.3) is 0 Å². The number of hydrogen-bond donors (Lipinski definition) is 2. The summed E-state index contributed by atoms with van der Waals surface area (Å²) in [6, 6.07) is 6.70. The van der Waals surface area contributed by atoms with Gasteiger partial charge in [-0.15, -0.1) is 11.3 Å². The van der Waals surface area contributed by atoms with E-state index in [-0.39, 0.29) is 24.3 Å². The highest BCUT2D eigenvalue weighted by atomic mass is 35.5. The predicted octanol–water partition coefficient (Wildman–Crippen LogP) is 2.99. The van der Waals surface area contributed by atoms with Crippen LogP contribution in [0.3, 0.4) is 0 Å². The van der Waals surface area contributed by atoms with Gasteiger partial charge in [-0.3, -0.25) is 9.59 Å². The lowest BCUT2D eigenvalue weighted by atomic mass is 10.0. The molecule has 0 spiro atoms. The molecule has 2 aromatic rings. The van der Waals surface area contributed by atoms with Crippen molar-refractivity contribution < 1.29 is 9.59 Å². The van der Waals surface area contributed by atoms with Gasteiger partial charge in [-0.1, -0.05) is 23.7 Å². The van der Waals surface area contributed by atoms with E-state index in [9.17, 15) is 9.59 Å². The first kappa shape index (κ1) is 17.4. The average molecular weight is 352 g/mol. The number of aromatic nitrogens is 1. The van der Waals surface area contributed by atoms with E-state index < -0.39 is 0 Å². The fourth-order valence-corrected chi connectivity index (χ4v) is 2.95. The highest BCUT2D eigenvalue weighted by Gasteiger charge is 2.17. The molecule has 0 saturated carbocycles. The Kier molecular flexibility index (Phi) is 6.12. The second-order valence-corrected chi connectivity index (χ2v) is 6.55. The van der Waals surface area contributed by atoms with Gasteiger partial charge in [0.15, 0.2) is 0 Å². The SMILES string of the molecule is CC(=O)N[C@H](CC(=O)NCc1nc(C)cs1)c1ccc(Cl)cc1. The summed E-state index contributed by atoms with van der Waals surface area (Å²) >= 11 is 7.38. The van der Waals surface area contributed by atoms with Crippen LogP contribution in [0.15, 0.2) is 29.6 Å².